The van der Waals surface area contributed by atoms with Crippen LogP contribution in [0, 0.1) is 5.82 Å². The predicted molar refractivity (Wildman–Crippen MR) is 137 cm³/mol. The second-order valence-electron chi connectivity index (χ2n) is 10.2. The molecule has 0 radical (unpaired) electrons. The van der Waals surface area contributed by atoms with E-state index in [0.717, 1.165) is 88.3 Å². The van der Waals surface area contributed by atoms with Gasteiger partial charge >= 0.3 is 5.97 Å². The van der Waals surface area contributed by atoms with Crippen molar-refractivity contribution in [3.05, 3.63) is 41.5 Å². The van der Waals surface area contributed by atoms with E-state index in [2.05, 4.69) is 14.8 Å². The van der Waals surface area contributed by atoms with E-state index < -0.39 is 11.8 Å². The standard InChI is InChI=1S/C27H32FN5O4/c1-36-21-14-18(28)13-20(15-21)33-26-24(25(30-33)17-3-2-4-17)23(16-22(29-26)27(34)35)32-7-5-19(6-8-32)31-9-11-37-12-10-31/h13-17,19H,2-12H2,1H3,(H,34,35). The maximum atomic E-state index is 14.5. The first kappa shape index (κ1) is 24.1. The molecule has 1 N–H and O–H groups in total. The molecule has 0 atom stereocenters. The zero-order valence-corrected chi connectivity index (χ0v) is 21.0. The van der Waals surface area contributed by atoms with Crippen LogP contribution in [0.5, 0.6) is 5.75 Å². The summed E-state index contributed by atoms with van der Waals surface area (Å²) in [6.07, 6.45) is 5.18. The van der Waals surface area contributed by atoms with Crippen LogP contribution in [0.4, 0.5) is 10.1 Å². The van der Waals surface area contributed by atoms with Crippen LogP contribution in [-0.4, -0.2) is 83.3 Å². The molecule has 1 aromatic carbocycles. The first-order chi connectivity index (χ1) is 18.0. The Bertz CT molecular complexity index is 1310. The lowest BCUT2D eigenvalue weighted by molar-refractivity contribution is 0.0115. The summed E-state index contributed by atoms with van der Waals surface area (Å²) in [6, 6.07) is 6.58. The molecule has 196 valence electrons. The number of halogens is 1. The Morgan fingerprint density at radius 3 is 2.49 bits per heavy atom. The minimum atomic E-state index is -1.10. The van der Waals surface area contributed by atoms with Gasteiger partial charge in [-0.15, -0.1) is 0 Å². The topological polar surface area (TPSA) is 93.0 Å². The fourth-order valence-corrected chi connectivity index (χ4v) is 5.83. The zero-order valence-electron chi connectivity index (χ0n) is 21.0. The number of hydrogen-bond acceptors (Lipinski definition) is 7. The van der Waals surface area contributed by atoms with Crippen LogP contribution in [0.15, 0.2) is 24.3 Å². The van der Waals surface area contributed by atoms with Crippen LogP contribution in [0.3, 0.4) is 0 Å². The molecule has 0 unspecified atom stereocenters. The van der Waals surface area contributed by atoms with Crippen molar-refractivity contribution in [2.45, 2.75) is 44.1 Å². The van der Waals surface area contributed by atoms with E-state index in [0.29, 0.717) is 23.1 Å². The van der Waals surface area contributed by atoms with Crippen LogP contribution in [-0.2, 0) is 4.74 Å². The fraction of sp³-hybridized carbons (Fsp3) is 0.519. The summed E-state index contributed by atoms with van der Waals surface area (Å²) in [5.41, 5.74) is 2.64. The molecule has 9 nitrogen and oxygen atoms in total. The number of pyridine rings is 1. The largest absolute Gasteiger partial charge is 0.497 e. The Hall–Kier alpha value is -3.24. The monoisotopic (exact) mass is 509 g/mol. The molecule has 1 saturated carbocycles. The zero-order chi connectivity index (χ0) is 25.5. The van der Waals surface area contributed by atoms with Crippen molar-refractivity contribution in [1.29, 1.82) is 0 Å². The number of carboxylic acid groups (broad SMARTS) is 1. The summed E-state index contributed by atoms with van der Waals surface area (Å²) < 4.78 is 26.8. The summed E-state index contributed by atoms with van der Waals surface area (Å²) in [6.45, 7) is 5.13. The molecule has 6 rings (SSSR count). The highest BCUT2D eigenvalue weighted by Crippen LogP contribution is 2.43. The average molecular weight is 510 g/mol. The third kappa shape index (κ3) is 4.53. The van der Waals surface area contributed by atoms with Gasteiger partial charge in [0.1, 0.15) is 11.6 Å². The number of piperidine rings is 1. The number of morpholine rings is 1. The summed E-state index contributed by atoms with van der Waals surface area (Å²) >= 11 is 0. The minimum absolute atomic E-state index is 0.0394. The normalized spacial score (nSPS) is 19.8. The highest BCUT2D eigenvalue weighted by Gasteiger charge is 2.32. The highest BCUT2D eigenvalue weighted by molar-refractivity contribution is 5.98. The Balaban J connectivity index is 1.44. The summed E-state index contributed by atoms with van der Waals surface area (Å²) in [5, 5.41) is 15.7. The maximum Gasteiger partial charge on any atom is 0.354 e. The van der Waals surface area contributed by atoms with Gasteiger partial charge < -0.3 is 19.5 Å². The minimum Gasteiger partial charge on any atom is -0.497 e. The van der Waals surface area contributed by atoms with Gasteiger partial charge in [0.05, 0.1) is 42.8 Å². The second kappa shape index (κ2) is 9.90. The van der Waals surface area contributed by atoms with Gasteiger partial charge in [0.25, 0.3) is 0 Å². The summed E-state index contributed by atoms with van der Waals surface area (Å²) in [5.74, 6) is -0.908. The van der Waals surface area contributed by atoms with Gasteiger partial charge in [-0.1, -0.05) is 6.42 Å². The number of fused-ring (bicyclic) bond motifs is 1. The van der Waals surface area contributed by atoms with E-state index >= 15 is 0 Å². The van der Waals surface area contributed by atoms with Gasteiger partial charge in [0.2, 0.25) is 0 Å². The number of hydrogen-bond donors (Lipinski definition) is 1. The molecule has 0 bridgehead atoms. The molecule has 3 aromatic rings. The van der Waals surface area contributed by atoms with Crippen molar-refractivity contribution < 1.29 is 23.8 Å². The Morgan fingerprint density at radius 2 is 1.84 bits per heavy atom. The number of anilines is 1. The van der Waals surface area contributed by atoms with E-state index in [1.807, 2.05) is 0 Å². The lowest BCUT2D eigenvalue weighted by atomic mass is 9.82. The van der Waals surface area contributed by atoms with Crippen molar-refractivity contribution in [2.24, 2.45) is 0 Å². The van der Waals surface area contributed by atoms with Gasteiger partial charge in [0.15, 0.2) is 11.3 Å². The van der Waals surface area contributed by atoms with Crippen LogP contribution in [0.1, 0.15) is 54.2 Å². The van der Waals surface area contributed by atoms with Gasteiger partial charge in [-0.05, 0) is 37.8 Å². The lowest BCUT2D eigenvalue weighted by Crippen LogP contribution is -2.49. The molecule has 10 heteroatoms. The quantitative estimate of drug-likeness (QED) is 0.536. The Labute approximate surface area is 214 Å². The number of nitrogens with zero attached hydrogens (tertiary/aromatic N) is 5. The molecule has 2 aromatic heterocycles. The van der Waals surface area contributed by atoms with Crippen molar-refractivity contribution in [3.8, 4) is 11.4 Å². The van der Waals surface area contributed by atoms with Crippen molar-refractivity contribution in [3.63, 3.8) is 0 Å². The molecule has 2 aliphatic heterocycles. The average Bonchev–Trinajstić information content (AvgIpc) is 3.26. The van der Waals surface area contributed by atoms with E-state index in [9.17, 15) is 14.3 Å². The van der Waals surface area contributed by atoms with Crippen LogP contribution in [0.2, 0.25) is 0 Å². The summed E-state index contributed by atoms with van der Waals surface area (Å²) in [4.78, 5) is 21.5. The molecular weight excluding hydrogens is 477 g/mol. The highest BCUT2D eigenvalue weighted by atomic mass is 19.1. The number of ether oxygens (including phenoxy) is 2. The van der Waals surface area contributed by atoms with Crippen molar-refractivity contribution >= 4 is 22.7 Å². The number of carboxylic acids is 1. The maximum absolute atomic E-state index is 14.5. The van der Waals surface area contributed by atoms with E-state index in [-0.39, 0.29) is 11.6 Å². The molecule has 0 amide bonds. The molecular formula is C27H32FN5O4. The van der Waals surface area contributed by atoms with E-state index in [1.54, 1.807) is 16.8 Å². The van der Waals surface area contributed by atoms with Crippen molar-refractivity contribution in [2.75, 3.05) is 51.4 Å². The first-order valence-corrected chi connectivity index (χ1v) is 13.1. The molecule has 4 heterocycles. The molecule has 3 aliphatic rings. The number of rotatable bonds is 6. The van der Waals surface area contributed by atoms with Gasteiger partial charge in [-0.3, -0.25) is 4.90 Å². The van der Waals surface area contributed by atoms with Crippen LogP contribution < -0.4 is 9.64 Å². The Morgan fingerprint density at radius 1 is 1.08 bits per heavy atom. The van der Waals surface area contributed by atoms with Gasteiger partial charge in [-0.25, -0.2) is 18.9 Å². The number of benzene rings is 1. The molecule has 1 aliphatic carbocycles. The number of aromatic carboxylic acids is 1. The lowest BCUT2D eigenvalue weighted by Gasteiger charge is -2.41. The second-order valence-corrected chi connectivity index (χ2v) is 10.2. The SMILES string of the molecule is COc1cc(F)cc(-n2nc(C3CCC3)c3c(N4CCC(N5CCOCC5)CC4)cc(C(=O)O)nc32)c1. The fourth-order valence-electron chi connectivity index (χ4n) is 5.83. The van der Waals surface area contributed by atoms with Crippen LogP contribution in [0.25, 0.3) is 16.7 Å². The van der Waals surface area contributed by atoms with Crippen molar-refractivity contribution in [1.82, 2.24) is 19.7 Å². The van der Waals surface area contributed by atoms with E-state index in [1.165, 1.54) is 19.2 Å². The van der Waals surface area contributed by atoms with E-state index in [4.69, 9.17) is 14.6 Å². The number of methoxy groups -OCH3 is 1. The van der Waals surface area contributed by atoms with Crippen LogP contribution >= 0.6 is 0 Å². The Kier molecular flexibility index (Phi) is 6.46. The molecule has 2 saturated heterocycles. The molecule has 37 heavy (non-hydrogen) atoms. The number of carbonyl (C=O) groups is 1. The van der Waals surface area contributed by atoms with Gasteiger partial charge in [-0.2, -0.15) is 5.10 Å². The molecule has 0 spiro atoms. The van der Waals surface area contributed by atoms with Gasteiger partial charge in [0, 0.05) is 50.3 Å². The smallest absolute Gasteiger partial charge is 0.354 e. The molecule has 3 fully saturated rings. The first-order valence-electron chi connectivity index (χ1n) is 13.1. The predicted octanol–water partition coefficient (Wildman–Crippen LogP) is 3.83. The third-order valence-corrected chi connectivity index (χ3v) is 8.06. The third-order valence-electron chi connectivity index (χ3n) is 8.06. The number of aromatic nitrogens is 3. The summed E-state index contributed by atoms with van der Waals surface area (Å²) in [7, 11) is 1.49.